The van der Waals surface area contributed by atoms with Gasteiger partial charge < -0.3 is 16.2 Å². The van der Waals surface area contributed by atoms with Crippen molar-refractivity contribution in [2.75, 3.05) is 11.1 Å². The van der Waals surface area contributed by atoms with Crippen molar-refractivity contribution in [3.05, 3.63) is 58.6 Å². The predicted octanol–water partition coefficient (Wildman–Crippen LogP) is 2.49. The van der Waals surface area contributed by atoms with E-state index in [-0.39, 0.29) is 35.2 Å². The van der Waals surface area contributed by atoms with Gasteiger partial charge in [0.05, 0.1) is 17.0 Å². The molecule has 0 spiro atoms. The van der Waals surface area contributed by atoms with Gasteiger partial charge in [0.1, 0.15) is 11.5 Å². The SMILES string of the molecule is CC(=O)CC(=O)Nc1ccccc1.Nc1cc([N+](=O)[O-])ccc1O. The van der Waals surface area contributed by atoms with Gasteiger partial charge in [-0.25, -0.2) is 0 Å². The van der Waals surface area contributed by atoms with Gasteiger partial charge in [-0.2, -0.15) is 0 Å². The summed E-state index contributed by atoms with van der Waals surface area (Å²) in [5, 5.41) is 21.6. The number of nitrogens with one attached hydrogen (secondary N) is 1. The Labute approximate surface area is 138 Å². The molecular formula is C16H17N3O5. The molecule has 0 aromatic heterocycles. The van der Waals surface area contributed by atoms with E-state index < -0.39 is 4.92 Å². The Hall–Kier alpha value is -3.42. The Bertz CT molecular complexity index is 732. The number of phenols is 1. The first-order chi connectivity index (χ1) is 11.3. The zero-order valence-electron chi connectivity index (χ0n) is 12.9. The summed E-state index contributed by atoms with van der Waals surface area (Å²) < 4.78 is 0. The standard InChI is InChI=1S/C10H11NO2.C6H6N2O3/c1-8(12)7-10(13)11-9-5-3-2-4-6-9;7-5-3-4(8(10)11)1-2-6(5)9/h2-6H,7H2,1H3,(H,11,13);1-3,9H,7H2. The van der Waals surface area contributed by atoms with E-state index in [1.165, 1.54) is 19.1 Å². The molecule has 0 atom stereocenters. The van der Waals surface area contributed by atoms with E-state index in [0.29, 0.717) is 5.69 Å². The van der Waals surface area contributed by atoms with Crippen LogP contribution in [0.2, 0.25) is 0 Å². The molecule has 24 heavy (non-hydrogen) atoms. The summed E-state index contributed by atoms with van der Waals surface area (Å²) in [6.45, 7) is 1.39. The molecule has 2 aromatic carbocycles. The number of hydrogen-bond acceptors (Lipinski definition) is 6. The van der Waals surface area contributed by atoms with Crippen molar-refractivity contribution in [3.63, 3.8) is 0 Å². The van der Waals surface area contributed by atoms with Crippen LogP contribution in [0.3, 0.4) is 0 Å². The lowest BCUT2D eigenvalue weighted by atomic mass is 10.2. The molecule has 8 nitrogen and oxygen atoms in total. The fourth-order valence-electron chi connectivity index (χ4n) is 1.61. The van der Waals surface area contributed by atoms with Crippen LogP contribution in [0, 0.1) is 10.1 Å². The van der Waals surface area contributed by atoms with Crippen LogP contribution >= 0.6 is 0 Å². The molecule has 0 aliphatic carbocycles. The van der Waals surface area contributed by atoms with Crippen LogP contribution in [0.15, 0.2) is 48.5 Å². The van der Waals surface area contributed by atoms with E-state index in [0.717, 1.165) is 6.07 Å². The van der Waals surface area contributed by atoms with Crippen LogP contribution < -0.4 is 11.1 Å². The third-order valence-electron chi connectivity index (χ3n) is 2.69. The number of amides is 1. The lowest BCUT2D eigenvalue weighted by Gasteiger charge is -2.01. The van der Waals surface area contributed by atoms with Gasteiger partial charge in [0.25, 0.3) is 5.69 Å². The summed E-state index contributed by atoms with van der Waals surface area (Å²) in [5.41, 5.74) is 5.81. The lowest BCUT2D eigenvalue weighted by molar-refractivity contribution is -0.384. The fourth-order valence-corrected chi connectivity index (χ4v) is 1.61. The highest BCUT2D eigenvalue weighted by Crippen LogP contribution is 2.24. The van der Waals surface area contributed by atoms with E-state index in [4.69, 9.17) is 10.8 Å². The van der Waals surface area contributed by atoms with Crippen molar-refractivity contribution in [2.24, 2.45) is 0 Å². The summed E-state index contributed by atoms with van der Waals surface area (Å²) in [4.78, 5) is 31.2. The van der Waals surface area contributed by atoms with Gasteiger partial charge in [-0.15, -0.1) is 0 Å². The number of aromatic hydroxyl groups is 1. The minimum Gasteiger partial charge on any atom is -0.506 e. The molecule has 0 unspecified atom stereocenters. The predicted molar refractivity (Wildman–Crippen MR) is 89.5 cm³/mol. The van der Waals surface area contributed by atoms with Crippen LogP contribution in [-0.4, -0.2) is 21.7 Å². The molecule has 8 heteroatoms. The van der Waals surface area contributed by atoms with Gasteiger partial charge in [0.15, 0.2) is 0 Å². The Morgan fingerprint density at radius 3 is 2.33 bits per heavy atom. The molecule has 0 saturated heterocycles. The number of ketones is 1. The fraction of sp³-hybridized carbons (Fsp3) is 0.125. The zero-order chi connectivity index (χ0) is 18.1. The van der Waals surface area contributed by atoms with Gasteiger partial charge in [-0.05, 0) is 25.1 Å². The van der Waals surface area contributed by atoms with E-state index in [9.17, 15) is 19.7 Å². The number of nitrogens with two attached hydrogens (primary N) is 1. The highest BCUT2D eigenvalue weighted by atomic mass is 16.6. The van der Waals surface area contributed by atoms with Gasteiger partial charge >= 0.3 is 0 Å². The zero-order valence-corrected chi connectivity index (χ0v) is 12.9. The molecule has 0 bridgehead atoms. The van der Waals surface area contributed by atoms with Crippen LogP contribution in [0.5, 0.6) is 5.75 Å². The van der Waals surface area contributed by atoms with Crippen LogP contribution in [-0.2, 0) is 9.59 Å². The lowest BCUT2D eigenvalue weighted by Crippen LogP contribution is -2.14. The molecule has 0 saturated carbocycles. The number of non-ortho nitro benzene ring substituents is 1. The molecule has 126 valence electrons. The maximum Gasteiger partial charge on any atom is 0.271 e. The van der Waals surface area contributed by atoms with Crippen LogP contribution in [0.25, 0.3) is 0 Å². The summed E-state index contributed by atoms with van der Waals surface area (Å²) in [5.74, 6) is -0.539. The van der Waals surface area contributed by atoms with E-state index >= 15 is 0 Å². The summed E-state index contributed by atoms with van der Waals surface area (Å²) in [6.07, 6.45) is -0.0606. The number of para-hydroxylation sites is 1. The van der Waals surface area contributed by atoms with Gasteiger partial charge in [0.2, 0.25) is 5.91 Å². The number of nitrogen functional groups attached to an aromatic ring is 1. The first-order valence-electron chi connectivity index (χ1n) is 6.87. The molecule has 0 aliphatic heterocycles. The van der Waals surface area contributed by atoms with Gasteiger partial charge in [-0.1, -0.05) is 18.2 Å². The van der Waals surface area contributed by atoms with E-state index in [2.05, 4.69) is 5.32 Å². The van der Waals surface area contributed by atoms with E-state index in [1.807, 2.05) is 18.2 Å². The maximum absolute atomic E-state index is 11.1. The number of anilines is 2. The molecule has 2 aromatic rings. The Kier molecular flexibility index (Phi) is 6.90. The third kappa shape index (κ3) is 6.56. The number of hydrogen-bond donors (Lipinski definition) is 3. The van der Waals surface area contributed by atoms with Crippen molar-refractivity contribution in [3.8, 4) is 5.75 Å². The number of rotatable bonds is 4. The maximum atomic E-state index is 11.1. The molecule has 0 radical (unpaired) electrons. The number of nitro benzene ring substituents is 1. The number of carbonyl (C=O) groups excluding carboxylic acids is 2. The number of Topliss-reactive ketones (excluding diaryl/α,β-unsaturated/α-hetero) is 1. The largest absolute Gasteiger partial charge is 0.506 e. The minimum absolute atomic E-state index is 0.0131. The Morgan fingerprint density at radius 2 is 1.83 bits per heavy atom. The third-order valence-corrected chi connectivity index (χ3v) is 2.69. The average molecular weight is 331 g/mol. The molecular weight excluding hydrogens is 314 g/mol. The van der Waals surface area contributed by atoms with Crippen LogP contribution in [0.4, 0.5) is 17.1 Å². The normalized spacial score (nSPS) is 9.38. The second kappa shape index (κ2) is 8.89. The summed E-state index contributed by atoms with van der Waals surface area (Å²) in [7, 11) is 0. The molecule has 0 aliphatic rings. The molecule has 0 heterocycles. The molecule has 2 rings (SSSR count). The minimum atomic E-state index is -0.574. The number of carbonyl (C=O) groups is 2. The van der Waals surface area contributed by atoms with Crippen LogP contribution in [0.1, 0.15) is 13.3 Å². The van der Waals surface area contributed by atoms with Crippen molar-refractivity contribution in [1.29, 1.82) is 0 Å². The topological polar surface area (TPSA) is 136 Å². The Morgan fingerprint density at radius 1 is 1.21 bits per heavy atom. The van der Waals surface area contributed by atoms with Crippen molar-refractivity contribution in [1.82, 2.24) is 0 Å². The first-order valence-corrected chi connectivity index (χ1v) is 6.87. The second-order valence-electron chi connectivity index (χ2n) is 4.79. The number of nitrogens with zero attached hydrogens (tertiary/aromatic N) is 1. The first kappa shape index (κ1) is 18.6. The highest BCUT2D eigenvalue weighted by Gasteiger charge is 2.06. The average Bonchev–Trinajstić information content (AvgIpc) is 2.50. The van der Waals surface area contributed by atoms with Crippen molar-refractivity contribution in [2.45, 2.75) is 13.3 Å². The van der Waals surface area contributed by atoms with Crippen molar-refractivity contribution >= 4 is 28.8 Å². The van der Waals surface area contributed by atoms with E-state index in [1.54, 1.807) is 12.1 Å². The second-order valence-corrected chi connectivity index (χ2v) is 4.79. The molecule has 4 N–H and O–H groups in total. The number of phenolic OH excluding ortho intramolecular Hbond substituents is 1. The summed E-state index contributed by atoms with van der Waals surface area (Å²) in [6, 6.07) is 12.5. The van der Waals surface area contributed by atoms with Crippen molar-refractivity contribution < 1.29 is 19.6 Å². The summed E-state index contributed by atoms with van der Waals surface area (Å²) >= 11 is 0. The smallest absolute Gasteiger partial charge is 0.271 e. The monoisotopic (exact) mass is 331 g/mol. The molecule has 0 fully saturated rings. The van der Waals surface area contributed by atoms with Gasteiger partial charge in [-0.3, -0.25) is 19.7 Å². The Balaban J connectivity index is 0.000000243. The molecule has 1 amide bonds. The quantitative estimate of drug-likeness (QED) is 0.259. The van der Waals surface area contributed by atoms with Gasteiger partial charge in [0, 0.05) is 17.8 Å². The number of benzene rings is 2. The highest BCUT2D eigenvalue weighted by molar-refractivity contribution is 6.03. The number of nitro groups is 1.